The lowest BCUT2D eigenvalue weighted by molar-refractivity contribution is -0.122. The number of aryl methyl sites for hydroxylation is 2. The normalized spacial score (nSPS) is 20.6. The monoisotopic (exact) mass is 586 g/mol. The van der Waals surface area contributed by atoms with Crippen LogP contribution in [0.15, 0.2) is 12.4 Å². The van der Waals surface area contributed by atoms with Crippen LogP contribution in [-0.2, 0) is 24.7 Å². The van der Waals surface area contributed by atoms with E-state index in [9.17, 15) is 31.5 Å². The van der Waals surface area contributed by atoms with Gasteiger partial charge in [-0.25, -0.2) is 22.0 Å². The van der Waals surface area contributed by atoms with Crippen LogP contribution >= 0.6 is 11.3 Å². The Morgan fingerprint density at radius 2 is 2.02 bits per heavy atom. The van der Waals surface area contributed by atoms with E-state index in [2.05, 4.69) is 31.2 Å². The van der Waals surface area contributed by atoms with Crippen LogP contribution in [0.5, 0.6) is 0 Å². The molecule has 1 saturated carbocycles. The molecule has 2 amide bonds. The van der Waals surface area contributed by atoms with Gasteiger partial charge in [-0.2, -0.15) is 5.10 Å². The molecule has 3 aromatic rings. The molecule has 3 heterocycles. The van der Waals surface area contributed by atoms with Crippen LogP contribution in [0.3, 0.4) is 0 Å². The summed E-state index contributed by atoms with van der Waals surface area (Å²) in [5.74, 6) is -4.10. The number of thiophene rings is 1. The zero-order chi connectivity index (χ0) is 28.8. The van der Waals surface area contributed by atoms with Crippen molar-refractivity contribution >= 4 is 39.9 Å². The zero-order valence-corrected chi connectivity index (χ0v) is 22.4. The van der Waals surface area contributed by atoms with Crippen molar-refractivity contribution < 1.29 is 31.5 Å². The molecule has 10 nitrogen and oxygen atoms in total. The first-order valence-electron chi connectivity index (χ1n) is 12.6. The second-order valence-electron chi connectivity index (χ2n) is 10.2. The number of anilines is 3. The van der Waals surface area contributed by atoms with Crippen molar-refractivity contribution in [2.75, 3.05) is 10.6 Å². The quantitative estimate of drug-likeness (QED) is 0.313. The minimum absolute atomic E-state index is 0.171. The molecule has 0 unspecified atom stereocenters. The summed E-state index contributed by atoms with van der Waals surface area (Å²) >= 11 is 1.16. The highest BCUT2D eigenvalue weighted by molar-refractivity contribution is 7.17. The molecule has 2 aliphatic rings. The van der Waals surface area contributed by atoms with Gasteiger partial charge < -0.3 is 16.0 Å². The molecule has 40 heavy (non-hydrogen) atoms. The summed E-state index contributed by atoms with van der Waals surface area (Å²) in [5, 5.41) is 20.2. The van der Waals surface area contributed by atoms with E-state index in [1.807, 2.05) is 0 Å². The Balaban J connectivity index is 1.41. The standard InChI is InChI=1S/C24H27F5N8O2S/c1-24(28,29)9-18(38)33-22-19(21(39)31-12-5-11(25)6-12)14-7-13(3-4-16(14)40-22)37-10-30-34-23(37)32-17-8-15(20(26)27)35-36(17)2/h8,10-13,20H,3-7,9H2,1-2H3,(H,31,39)(H,32,34)(H,33,38)/t11-,12-,13-/m0/s1. The molecular formula is C24H27F5N8O2S. The number of nitrogens with zero attached hydrogens (tertiary/aromatic N) is 5. The molecule has 1 fully saturated rings. The van der Waals surface area contributed by atoms with Crippen molar-refractivity contribution in [2.45, 2.75) is 76.1 Å². The van der Waals surface area contributed by atoms with E-state index in [0.29, 0.717) is 31.7 Å². The fourth-order valence-corrected chi connectivity index (χ4v) is 6.19. The summed E-state index contributed by atoms with van der Waals surface area (Å²) in [6, 6.07) is 0.601. The van der Waals surface area contributed by atoms with Crippen LogP contribution in [0, 0.1) is 0 Å². The van der Waals surface area contributed by atoms with Crippen molar-refractivity contribution in [1.82, 2.24) is 29.9 Å². The number of alkyl halides is 5. The van der Waals surface area contributed by atoms with E-state index in [0.717, 1.165) is 16.2 Å². The maximum atomic E-state index is 13.5. The van der Waals surface area contributed by atoms with Crippen LogP contribution in [-0.4, -0.2) is 54.5 Å². The molecule has 0 saturated heterocycles. The largest absolute Gasteiger partial charge is 0.349 e. The smallest absolute Gasteiger partial charge is 0.282 e. The number of rotatable bonds is 9. The highest BCUT2D eigenvalue weighted by atomic mass is 32.1. The second-order valence-corrected chi connectivity index (χ2v) is 11.3. The minimum Gasteiger partial charge on any atom is -0.349 e. The van der Waals surface area contributed by atoms with Gasteiger partial charge in [0.05, 0.1) is 12.0 Å². The van der Waals surface area contributed by atoms with E-state index >= 15 is 0 Å². The van der Waals surface area contributed by atoms with Gasteiger partial charge in [-0.05, 0) is 44.6 Å². The number of halogens is 5. The third-order valence-corrected chi connectivity index (χ3v) is 8.14. The Labute approximate surface area is 229 Å². The first-order valence-corrected chi connectivity index (χ1v) is 13.5. The highest BCUT2D eigenvalue weighted by Gasteiger charge is 2.36. The van der Waals surface area contributed by atoms with E-state index < -0.39 is 42.4 Å². The average Bonchev–Trinajstić information content (AvgIpc) is 3.53. The summed E-state index contributed by atoms with van der Waals surface area (Å²) in [4.78, 5) is 26.5. The van der Waals surface area contributed by atoms with E-state index in [4.69, 9.17) is 0 Å². The third-order valence-electron chi connectivity index (χ3n) is 6.93. The number of amides is 2. The van der Waals surface area contributed by atoms with Gasteiger partial charge in [-0.3, -0.25) is 18.8 Å². The van der Waals surface area contributed by atoms with Crippen molar-refractivity contribution in [3.8, 4) is 0 Å². The zero-order valence-electron chi connectivity index (χ0n) is 21.6. The van der Waals surface area contributed by atoms with E-state index in [-0.39, 0.29) is 47.3 Å². The summed E-state index contributed by atoms with van der Waals surface area (Å²) in [6.45, 7) is 0.638. The first kappa shape index (κ1) is 28.0. The van der Waals surface area contributed by atoms with Crippen LogP contribution in [0.2, 0.25) is 0 Å². The van der Waals surface area contributed by atoms with Gasteiger partial charge in [0.2, 0.25) is 11.9 Å². The maximum absolute atomic E-state index is 13.5. The van der Waals surface area contributed by atoms with Crippen molar-refractivity contribution in [1.29, 1.82) is 0 Å². The van der Waals surface area contributed by atoms with Gasteiger partial charge in [0, 0.05) is 30.1 Å². The Hall–Kier alpha value is -3.56. The fraction of sp³-hybridized carbons (Fsp3) is 0.542. The fourth-order valence-electron chi connectivity index (χ4n) is 4.93. The van der Waals surface area contributed by atoms with Crippen LogP contribution in [0.4, 0.5) is 38.7 Å². The summed E-state index contributed by atoms with van der Waals surface area (Å²) in [6.07, 6.45) is -1.49. The topological polar surface area (TPSA) is 119 Å². The van der Waals surface area contributed by atoms with Gasteiger partial charge in [0.25, 0.3) is 18.3 Å². The Kier molecular flexibility index (Phi) is 7.54. The highest BCUT2D eigenvalue weighted by Crippen LogP contribution is 2.42. The predicted octanol–water partition coefficient (Wildman–Crippen LogP) is 4.70. The lowest BCUT2D eigenvalue weighted by atomic mass is 9.89. The van der Waals surface area contributed by atoms with Crippen molar-refractivity contribution in [2.24, 2.45) is 7.05 Å². The summed E-state index contributed by atoms with van der Waals surface area (Å²) < 4.78 is 69.5. The summed E-state index contributed by atoms with van der Waals surface area (Å²) in [7, 11) is 1.51. The summed E-state index contributed by atoms with van der Waals surface area (Å²) in [5.41, 5.74) is 0.428. The minimum atomic E-state index is -3.22. The number of hydrogen-bond donors (Lipinski definition) is 3. The Morgan fingerprint density at radius 1 is 1.27 bits per heavy atom. The van der Waals surface area contributed by atoms with Gasteiger partial charge in [0.1, 0.15) is 29.0 Å². The molecule has 2 aliphatic carbocycles. The molecule has 5 rings (SSSR count). The van der Waals surface area contributed by atoms with Gasteiger partial charge >= 0.3 is 0 Å². The van der Waals surface area contributed by atoms with E-state index in [1.165, 1.54) is 24.1 Å². The molecule has 16 heteroatoms. The van der Waals surface area contributed by atoms with Crippen LogP contribution in [0.1, 0.15) is 71.6 Å². The molecule has 3 N–H and O–H groups in total. The van der Waals surface area contributed by atoms with Crippen molar-refractivity contribution in [3.05, 3.63) is 34.1 Å². The van der Waals surface area contributed by atoms with Crippen molar-refractivity contribution in [3.63, 3.8) is 0 Å². The van der Waals surface area contributed by atoms with Gasteiger partial charge in [-0.15, -0.1) is 21.5 Å². The molecule has 0 spiro atoms. The molecule has 216 valence electrons. The van der Waals surface area contributed by atoms with Crippen LogP contribution < -0.4 is 16.0 Å². The number of aromatic nitrogens is 5. The molecule has 0 aliphatic heterocycles. The molecule has 0 aromatic carbocycles. The van der Waals surface area contributed by atoms with Crippen LogP contribution in [0.25, 0.3) is 0 Å². The average molecular weight is 587 g/mol. The first-order chi connectivity index (χ1) is 18.9. The number of nitrogens with one attached hydrogen (secondary N) is 3. The number of carbonyl (C=O) groups is 2. The molecule has 1 atom stereocenters. The van der Waals surface area contributed by atoms with Gasteiger partial charge in [-0.1, -0.05) is 0 Å². The molecule has 0 radical (unpaired) electrons. The predicted molar refractivity (Wildman–Crippen MR) is 136 cm³/mol. The van der Waals surface area contributed by atoms with E-state index in [1.54, 1.807) is 4.57 Å². The maximum Gasteiger partial charge on any atom is 0.282 e. The second kappa shape index (κ2) is 10.8. The molecular weight excluding hydrogens is 559 g/mol. The third kappa shape index (κ3) is 5.95. The Bertz CT molecular complexity index is 1410. The number of hydrogen-bond acceptors (Lipinski definition) is 7. The SMILES string of the molecule is Cn1nc(C(F)F)cc1Nc1nncn1[C@H]1CCc2sc(NC(=O)CC(C)(F)F)c(C(=O)N[C@H]3C[C@H](F)C3)c2C1. The molecule has 3 aromatic heterocycles. The lowest BCUT2D eigenvalue weighted by Crippen LogP contribution is -2.45. The number of carbonyl (C=O) groups excluding carboxylic acids is 2. The Morgan fingerprint density at radius 3 is 2.67 bits per heavy atom. The number of fused-ring (bicyclic) bond motifs is 1. The van der Waals surface area contributed by atoms with Gasteiger partial charge in [0.15, 0.2) is 0 Å². The lowest BCUT2D eigenvalue weighted by Gasteiger charge is -2.31. The molecule has 0 bridgehead atoms.